The van der Waals surface area contributed by atoms with Gasteiger partial charge >= 0.3 is 0 Å². The Kier molecular flexibility index (Phi) is 7.49. The van der Waals surface area contributed by atoms with Gasteiger partial charge in [-0.1, -0.05) is 100 Å². The number of ether oxygens (including phenoxy) is 1. The van der Waals surface area contributed by atoms with E-state index in [1.165, 1.54) is 51.3 Å². The largest absolute Gasteiger partial charge is 0.494 e. The minimum atomic E-state index is 0.706. The molecule has 0 radical (unpaired) electrons. The predicted molar refractivity (Wildman–Crippen MR) is 155 cm³/mol. The molecule has 0 N–H and O–H groups in total. The van der Waals surface area contributed by atoms with Crippen LogP contribution < -0.4 is 25.6 Å². The van der Waals surface area contributed by atoms with Crippen molar-refractivity contribution in [1.82, 2.24) is 0 Å². The van der Waals surface area contributed by atoms with Crippen LogP contribution in [0.3, 0.4) is 0 Å². The van der Waals surface area contributed by atoms with E-state index in [0.29, 0.717) is 5.92 Å². The highest BCUT2D eigenvalue weighted by molar-refractivity contribution is 9.15. The van der Waals surface area contributed by atoms with Gasteiger partial charge in [0.1, 0.15) is 5.75 Å². The zero-order valence-electron chi connectivity index (χ0n) is 21.4. The van der Waals surface area contributed by atoms with Crippen LogP contribution in [0.5, 0.6) is 5.75 Å². The summed E-state index contributed by atoms with van der Waals surface area (Å²) in [6, 6.07) is 25.4. The summed E-state index contributed by atoms with van der Waals surface area (Å²) in [6.45, 7) is 7.70. The zero-order chi connectivity index (χ0) is 25.1. The number of rotatable bonds is 8. The molecule has 36 heavy (non-hydrogen) atoms. The SMILES string of the molecule is CC(C)CCCC(C)CCOc1ccc(C#CC2=c3ccccc3=C3C(Br)=c4ccccc4=C23)cc1. The summed E-state index contributed by atoms with van der Waals surface area (Å²) in [5.41, 5.74) is 4.61. The first-order valence-electron chi connectivity index (χ1n) is 13.1. The van der Waals surface area contributed by atoms with Crippen LogP contribution in [0.25, 0.3) is 21.2 Å². The third-order valence-corrected chi connectivity index (χ3v) is 7.99. The maximum absolute atomic E-state index is 6.02. The first-order valence-corrected chi connectivity index (χ1v) is 13.9. The van der Waals surface area contributed by atoms with Crippen LogP contribution in [0.15, 0.2) is 72.8 Å². The van der Waals surface area contributed by atoms with Crippen LogP contribution in [0.2, 0.25) is 0 Å². The Balaban J connectivity index is 1.32. The fraction of sp³-hybridized carbons (Fsp3) is 0.294. The lowest BCUT2D eigenvalue weighted by molar-refractivity contribution is 0.275. The second-order valence-electron chi connectivity index (χ2n) is 10.4. The lowest BCUT2D eigenvalue weighted by Crippen LogP contribution is -2.26. The molecule has 1 nitrogen and oxygen atoms in total. The summed E-state index contributed by atoms with van der Waals surface area (Å²) in [5.74, 6) is 9.36. The molecular weight excluding hydrogens is 504 g/mol. The topological polar surface area (TPSA) is 9.23 Å². The van der Waals surface area contributed by atoms with Gasteiger partial charge in [0, 0.05) is 26.8 Å². The van der Waals surface area contributed by atoms with Gasteiger partial charge in [-0.25, -0.2) is 0 Å². The molecule has 1 unspecified atom stereocenters. The first kappa shape index (κ1) is 24.7. The first-order chi connectivity index (χ1) is 17.5. The minimum absolute atomic E-state index is 0.706. The fourth-order valence-electron chi connectivity index (χ4n) is 5.13. The van der Waals surface area contributed by atoms with Crippen LogP contribution in [-0.2, 0) is 0 Å². The molecule has 0 fully saturated rings. The van der Waals surface area contributed by atoms with Crippen LogP contribution in [0.4, 0.5) is 0 Å². The van der Waals surface area contributed by atoms with Crippen LogP contribution in [0.1, 0.15) is 52.0 Å². The Labute approximate surface area is 223 Å². The van der Waals surface area contributed by atoms with Gasteiger partial charge in [-0.15, -0.1) is 0 Å². The summed E-state index contributed by atoms with van der Waals surface area (Å²) in [4.78, 5) is 0. The van der Waals surface area contributed by atoms with Crippen molar-refractivity contribution in [3.8, 4) is 17.6 Å². The van der Waals surface area contributed by atoms with E-state index in [1.54, 1.807) is 0 Å². The van der Waals surface area contributed by atoms with Crippen molar-refractivity contribution < 1.29 is 4.74 Å². The molecule has 0 amide bonds. The predicted octanol–water partition coefficient (Wildman–Crippen LogP) is 5.65. The van der Waals surface area contributed by atoms with Gasteiger partial charge in [-0.3, -0.25) is 0 Å². The van der Waals surface area contributed by atoms with Gasteiger partial charge in [0.15, 0.2) is 0 Å². The Morgan fingerprint density at radius 1 is 0.694 bits per heavy atom. The molecular formula is C34H33BrO. The monoisotopic (exact) mass is 536 g/mol. The van der Waals surface area contributed by atoms with Crippen molar-refractivity contribution in [3.05, 3.63) is 99.2 Å². The van der Waals surface area contributed by atoms with Gasteiger partial charge < -0.3 is 4.74 Å². The number of hydrogen-bond donors (Lipinski definition) is 0. The van der Waals surface area contributed by atoms with Gasteiger partial charge in [-0.05, 0) is 79.3 Å². The van der Waals surface area contributed by atoms with Crippen molar-refractivity contribution >= 4 is 37.1 Å². The molecule has 182 valence electrons. The summed E-state index contributed by atoms with van der Waals surface area (Å²) in [6.07, 6.45) is 5.02. The molecule has 3 aromatic rings. The highest BCUT2D eigenvalue weighted by Crippen LogP contribution is 2.34. The van der Waals surface area contributed by atoms with Crippen molar-refractivity contribution in [2.24, 2.45) is 11.8 Å². The highest BCUT2D eigenvalue weighted by Gasteiger charge is 2.26. The molecule has 0 aliphatic heterocycles. The van der Waals surface area contributed by atoms with E-state index in [0.717, 1.165) is 40.3 Å². The number of hydrogen-bond acceptors (Lipinski definition) is 1. The standard InChI is InChI=1S/C34H33BrO/c1-23(2)9-8-10-24(3)21-22-36-26-18-15-25(16-19-26)17-20-30-27-11-4-5-12-28(27)33-32(30)29-13-6-7-14-31(29)34(33)35/h4-7,11-16,18-19,23-24H,8-10,21-22H2,1-3H3. The van der Waals surface area contributed by atoms with E-state index in [-0.39, 0.29) is 0 Å². The summed E-state index contributed by atoms with van der Waals surface area (Å²) in [7, 11) is 0. The lowest BCUT2D eigenvalue weighted by atomic mass is 9.98. The van der Waals surface area contributed by atoms with Gasteiger partial charge in [0.05, 0.1) is 6.61 Å². The van der Waals surface area contributed by atoms with E-state index in [4.69, 9.17) is 4.74 Å². The third-order valence-electron chi connectivity index (χ3n) is 7.16. The smallest absolute Gasteiger partial charge is 0.119 e. The second kappa shape index (κ2) is 10.9. The zero-order valence-corrected chi connectivity index (χ0v) is 23.0. The van der Waals surface area contributed by atoms with Crippen LogP contribution >= 0.6 is 15.9 Å². The minimum Gasteiger partial charge on any atom is -0.494 e. The summed E-state index contributed by atoms with van der Waals surface area (Å²) < 4.78 is 7.18. The Hall–Kier alpha value is -3.02. The fourth-order valence-corrected chi connectivity index (χ4v) is 5.89. The molecule has 0 heterocycles. The molecule has 0 aromatic heterocycles. The van der Waals surface area contributed by atoms with Crippen LogP contribution in [-0.4, -0.2) is 6.61 Å². The Bertz CT molecular complexity index is 1580. The number of halogens is 1. The Morgan fingerprint density at radius 3 is 2.03 bits per heavy atom. The Morgan fingerprint density at radius 2 is 1.33 bits per heavy atom. The van der Waals surface area contributed by atoms with Gasteiger partial charge in [0.2, 0.25) is 0 Å². The second-order valence-corrected chi connectivity index (χ2v) is 11.2. The van der Waals surface area contributed by atoms with E-state index >= 15 is 0 Å². The molecule has 5 rings (SSSR count). The molecule has 2 aliphatic rings. The van der Waals surface area contributed by atoms with Crippen molar-refractivity contribution in [2.75, 3.05) is 6.61 Å². The molecule has 1 atom stereocenters. The molecule has 0 bridgehead atoms. The van der Waals surface area contributed by atoms with Crippen molar-refractivity contribution in [1.29, 1.82) is 0 Å². The average Bonchev–Trinajstić information content (AvgIpc) is 3.36. The highest BCUT2D eigenvalue weighted by atomic mass is 79.9. The van der Waals surface area contributed by atoms with Crippen molar-refractivity contribution in [3.63, 3.8) is 0 Å². The molecule has 0 spiro atoms. The average molecular weight is 538 g/mol. The van der Waals surface area contributed by atoms with Gasteiger partial charge in [-0.2, -0.15) is 0 Å². The van der Waals surface area contributed by atoms with E-state index in [1.807, 2.05) is 12.1 Å². The van der Waals surface area contributed by atoms with Crippen molar-refractivity contribution in [2.45, 2.75) is 46.5 Å². The lowest BCUT2D eigenvalue weighted by Gasteiger charge is -2.13. The van der Waals surface area contributed by atoms with E-state index < -0.39 is 0 Å². The quantitative estimate of drug-likeness (QED) is 0.338. The number of fused-ring (bicyclic) bond motifs is 3. The molecule has 0 saturated carbocycles. The van der Waals surface area contributed by atoms with Gasteiger partial charge in [0.25, 0.3) is 0 Å². The maximum Gasteiger partial charge on any atom is 0.119 e. The molecule has 3 aromatic carbocycles. The normalized spacial score (nSPS) is 14.4. The third kappa shape index (κ3) is 5.09. The summed E-state index contributed by atoms with van der Waals surface area (Å²) >= 11 is 3.88. The molecule has 2 aliphatic carbocycles. The molecule has 0 saturated heterocycles. The number of benzene rings is 3. The molecule has 2 heteroatoms. The van der Waals surface area contributed by atoms with Crippen LogP contribution in [0, 0.1) is 23.7 Å². The summed E-state index contributed by atoms with van der Waals surface area (Å²) in [5, 5.41) is 4.96. The van der Waals surface area contributed by atoms with E-state index in [2.05, 4.69) is 109 Å². The van der Waals surface area contributed by atoms with E-state index in [9.17, 15) is 0 Å². The maximum atomic E-state index is 6.02.